The number of ether oxygens (including phenoxy) is 1. The first-order valence-corrected chi connectivity index (χ1v) is 11.6. The summed E-state index contributed by atoms with van der Waals surface area (Å²) >= 11 is 0.957. The number of aromatic nitrogens is 2. The number of amides is 1. The van der Waals surface area contributed by atoms with Gasteiger partial charge in [0.1, 0.15) is 9.81 Å². The minimum absolute atomic E-state index is 0.0550. The van der Waals surface area contributed by atoms with Crippen molar-refractivity contribution in [2.45, 2.75) is 42.2 Å². The molecule has 0 atom stereocenters. The number of thiophene rings is 1. The van der Waals surface area contributed by atoms with Gasteiger partial charge in [-0.1, -0.05) is 6.07 Å². The second-order valence-corrected chi connectivity index (χ2v) is 11.0. The van der Waals surface area contributed by atoms with Gasteiger partial charge in [0.05, 0.1) is 6.54 Å². The first-order valence-electron chi connectivity index (χ1n) is 9.33. The predicted molar refractivity (Wildman–Crippen MR) is 115 cm³/mol. The normalized spacial score (nSPS) is 11.9. The molecule has 0 saturated heterocycles. The van der Waals surface area contributed by atoms with Crippen molar-refractivity contribution in [2.24, 2.45) is 0 Å². The Morgan fingerprint density at radius 2 is 1.84 bits per heavy atom. The summed E-state index contributed by atoms with van der Waals surface area (Å²) in [7, 11) is -2.47. The number of halogens is 1. The quantitative estimate of drug-likeness (QED) is 0.516. The van der Waals surface area contributed by atoms with E-state index in [0.717, 1.165) is 11.3 Å². The summed E-state index contributed by atoms with van der Waals surface area (Å²) in [6, 6.07) is 9.10. The lowest BCUT2D eigenvalue weighted by molar-refractivity contribution is 0.0286. The number of sulfone groups is 1. The number of pyridine rings is 2. The van der Waals surface area contributed by atoms with Crippen molar-refractivity contribution in [3.05, 3.63) is 59.6 Å². The van der Waals surface area contributed by atoms with Crippen LogP contribution in [0.5, 0.6) is 0 Å². The van der Waals surface area contributed by atoms with Crippen molar-refractivity contribution >= 4 is 27.3 Å². The third kappa shape index (κ3) is 5.26. The van der Waals surface area contributed by atoms with E-state index in [2.05, 4.69) is 9.97 Å². The Balaban J connectivity index is 2.05. The van der Waals surface area contributed by atoms with E-state index in [1.807, 2.05) is 0 Å². The second-order valence-electron chi connectivity index (χ2n) is 7.76. The Labute approximate surface area is 184 Å². The smallest absolute Gasteiger partial charge is 0.410 e. The molecule has 3 aromatic heterocycles. The summed E-state index contributed by atoms with van der Waals surface area (Å²) in [5, 5.41) is -0.144. The zero-order chi connectivity index (χ0) is 22.8. The molecule has 3 heterocycles. The second kappa shape index (κ2) is 8.72. The first kappa shape index (κ1) is 22.8. The fourth-order valence-corrected chi connectivity index (χ4v) is 5.79. The van der Waals surface area contributed by atoms with Crippen molar-refractivity contribution in [2.75, 3.05) is 7.05 Å². The van der Waals surface area contributed by atoms with Crippen LogP contribution in [0, 0.1) is 5.95 Å². The van der Waals surface area contributed by atoms with Crippen LogP contribution in [0.4, 0.5) is 9.18 Å². The Kier molecular flexibility index (Phi) is 6.42. The Hall–Kier alpha value is -2.85. The highest BCUT2D eigenvalue weighted by atomic mass is 32.2. The van der Waals surface area contributed by atoms with Gasteiger partial charge in [-0.15, -0.1) is 11.3 Å². The molecule has 0 fully saturated rings. The van der Waals surface area contributed by atoms with E-state index in [9.17, 15) is 17.6 Å². The molecule has 1 amide bonds. The Bertz CT molecular complexity index is 1190. The van der Waals surface area contributed by atoms with E-state index >= 15 is 0 Å². The standard InChI is InChI=1S/C21H22FN3O4S2/c1-21(2,3)29-20(26)25(4)13-14-12-16(15-8-7-11-24-18(15)22)19(30-14)31(27,28)17-9-5-6-10-23-17/h5-12H,13H2,1-4H3. The number of hydrogen-bond donors (Lipinski definition) is 0. The Morgan fingerprint density at radius 1 is 1.13 bits per heavy atom. The van der Waals surface area contributed by atoms with Crippen molar-refractivity contribution in [3.63, 3.8) is 0 Å². The van der Waals surface area contributed by atoms with Gasteiger partial charge in [0.2, 0.25) is 15.8 Å². The molecule has 164 valence electrons. The van der Waals surface area contributed by atoms with Crippen LogP contribution in [-0.4, -0.2) is 42.0 Å². The van der Waals surface area contributed by atoms with Crippen molar-refractivity contribution in [3.8, 4) is 11.1 Å². The van der Waals surface area contributed by atoms with Gasteiger partial charge in [-0.2, -0.15) is 4.39 Å². The molecule has 3 aromatic rings. The lowest BCUT2D eigenvalue weighted by Gasteiger charge is -2.24. The molecule has 0 bridgehead atoms. The van der Waals surface area contributed by atoms with Crippen LogP contribution in [0.25, 0.3) is 11.1 Å². The average Bonchev–Trinajstić information content (AvgIpc) is 3.12. The first-order chi connectivity index (χ1) is 14.5. The van der Waals surface area contributed by atoms with Crippen molar-refractivity contribution in [1.29, 1.82) is 0 Å². The zero-order valence-corrected chi connectivity index (χ0v) is 19.1. The van der Waals surface area contributed by atoms with Crippen LogP contribution in [0.1, 0.15) is 25.6 Å². The summed E-state index contributed by atoms with van der Waals surface area (Å²) in [6.45, 7) is 5.35. The predicted octanol–water partition coefficient (Wildman–Crippen LogP) is 4.54. The SMILES string of the molecule is CN(Cc1cc(-c2cccnc2F)c(S(=O)(=O)c2ccccn2)s1)C(=O)OC(C)(C)C. The fourth-order valence-electron chi connectivity index (χ4n) is 2.71. The number of carbonyl (C=O) groups is 1. The topological polar surface area (TPSA) is 89.5 Å². The van der Waals surface area contributed by atoms with Gasteiger partial charge in [0, 0.05) is 35.4 Å². The summed E-state index contributed by atoms with van der Waals surface area (Å²) in [5.41, 5.74) is -0.439. The average molecular weight is 464 g/mol. The van der Waals surface area contributed by atoms with Gasteiger partial charge in [-0.3, -0.25) is 0 Å². The molecule has 0 aromatic carbocycles. The number of carbonyl (C=O) groups excluding carboxylic acids is 1. The van der Waals surface area contributed by atoms with Crippen LogP contribution in [0.15, 0.2) is 58.0 Å². The minimum Gasteiger partial charge on any atom is -0.444 e. The number of nitrogens with zero attached hydrogens (tertiary/aromatic N) is 3. The summed E-state index contributed by atoms with van der Waals surface area (Å²) in [6.07, 6.45) is 2.11. The maximum Gasteiger partial charge on any atom is 0.410 e. The molecule has 10 heteroatoms. The largest absolute Gasteiger partial charge is 0.444 e. The number of rotatable bonds is 5. The lowest BCUT2D eigenvalue weighted by atomic mass is 10.1. The highest BCUT2D eigenvalue weighted by Gasteiger charge is 2.29. The van der Waals surface area contributed by atoms with Gasteiger partial charge < -0.3 is 9.64 Å². The molecule has 0 unspecified atom stereocenters. The molecule has 31 heavy (non-hydrogen) atoms. The monoisotopic (exact) mass is 463 g/mol. The lowest BCUT2D eigenvalue weighted by Crippen LogP contribution is -2.33. The molecule has 0 saturated carbocycles. The minimum atomic E-state index is -4.02. The van der Waals surface area contributed by atoms with Gasteiger partial charge >= 0.3 is 6.09 Å². The van der Waals surface area contributed by atoms with E-state index in [0.29, 0.717) is 4.88 Å². The van der Waals surface area contributed by atoms with Crippen LogP contribution in [0.3, 0.4) is 0 Å². The van der Waals surface area contributed by atoms with Crippen molar-refractivity contribution in [1.82, 2.24) is 14.9 Å². The van der Waals surface area contributed by atoms with Crippen molar-refractivity contribution < 1.29 is 22.3 Å². The van der Waals surface area contributed by atoms with Crippen LogP contribution in [-0.2, 0) is 21.1 Å². The zero-order valence-electron chi connectivity index (χ0n) is 17.5. The molecular weight excluding hydrogens is 441 g/mol. The Morgan fingerprint density at radius 3 is 2.45 bits per heavy atom. The highest BCUT2D eigenvalue weighted by molar-refractivity contribution is 7.93. The van der Waals surface area contributed by atoms with Crippen LogP contribution < -0.4 is 0 Å². The summed E-state index contributed by atoms with van der Waals surface area (Å²) < 4.78 is 46.2. The van der Waals surface area contributed by atoms with E-state index in [1.165, 1.54) is 35.5 Å². The maximum absolute atomic E-state index is 14.4. The summed E-state index contributed by atoms with van der Waals surface area (Å²) in [4.78, 5) is 21.8. The van der Waals surface area contributed by atoms with E-state index in [4.69, 9.17) is 4.74 Å². The van der Waals surface area contributed by atoms with Crippen LogP contribution >= 0.6 is 11.3 Å². The van der Waals surface area contributed by atoms with Gasteiger partial charge in [-0.25, -0.2) is 23.2 Å². The molecule has 0 aliphatic rings. The van der Waals surface area contributed by atoms with E-state index in [-0.39, 0.29) is 26.9 Å². The molecule has 0 spiro atoms. The van der Waals surface area contributed by atoms with Gasteiger partial charge in [0.25, 0.3) is 0 Å². The fraction of sp³-hybridized carbons (Fsp3) is 0.286. The maximum atomic E-state index is 14.4. The molecule has 7 nitrogen and oxygen atoms in total. The molecule has 0 aliphatic heterocycles. The van der Waals surface area contributed by atoms with Crippen LogP contribution in [0.2, 0.25) is 0 Å². The summed E-state index contributed by atoms with van der Waals surface area (Å²) in [5.74, 6) is -0.787. The molecular formula is C21H22FN3O4S2. The van der Waals surface area contributed by atoms with E-state index in [1.54, 1.807) is 46.0 Å². The molecule has 3 rings (SSSR count). The molecule has 0 N–H and O–H groups in total. The third-order valence-electron chi connectivity index (χ3n) is 4.05. The third-order valence-corrected chi connectivity index (χ3v) is 7.38. The van der Waals surface area contributed by atoms with Gasteiger partial charge in [0.15, 0.2) is 5.03 Å². The molecule has 0 aliphatic carbocycles. The van der Waals surface area contributed by atoms with E-state index < -0.39 is 27.5 Å². The van der Waals surface area contributed by atoms with Gasteiger partial charge in [-0.05, 0) is 51.1 Å². The number of hydrogen-bond acceptors (Lipinski definition) is 7. The molecule has 0 radical (unpaired) electrons. The highest BCUT2D eigenvalue weighted by Crippen LogP contribution is 2.39.